The van der Waals surface area contributed by atoms with Crippen molar-refractivity contribution in [3.8, 4) is 0 Å². The SMILES string of the molecule is Cn1nccc1C(=O)NC[C@H]1[C@H]2C[C@H](CN(C(=O)CCO)C2)c2cccc(=O)n21. The van der Waals surface area contributed by atoms with Gasteiger partial charge in [0.15, 0.2) is 0 Å². The van der Waals surface area contributed by atoms with Crippen LogP contribution in [0.2, 0.25) is 0 Å². The molecule has 0 aromatic carbocycles. The highest BCUT2D eigenvalue weighted by atomic mass is 16.3. The number of piperidine rings is 1. The van der Waals surface area contributed by atoms with E-state index in [-0.39, 0.29) is 48.3 Å². The molecule has 4 rings (SSSR count). The lowest BCUT2D eigenvalue weighted by Crippen LogP contribution is -2.53. The second-order valence-electron chi connectivity index (χ2n) is 7.74. The normalized spacial score (nSPS) is 22.8. The molecule has 0 saturated carbocycles. The van der Waals surface area contributed by atoms with E-state index in [4.69, 9.17) is 5.11 Å². The highest BCUT2D eigenvalue weighted by Gasteiger charge is 2.41. The molecule has 0 unspecified atom stereocenters. The number of carbonyl (C=O) groups is 2. The summed E-state index contributed by atoms with van der Waals surface area (Å²) in [5.41, 5.74) is 1.25. The van der Waals surface area contributed by atoms with Gasteiger partial charge in [0.05, 0.1) is 12.6 Å². The van der Waals surface area contributed by atoms with E-state index < -0.39 is 0 Å². The molecule has 29 heavy (non-hydrogen) atoms. The van der Waals surface area contributed by atoms with Crippen molar-refractivity contribution in [3.63, 3.8) is 0 Å². The van der Waals surface area contributed by atoms with Crippen LogP contribution in [0.5, 0.6) is 0 Å². The number of nitrogens with one attached hydrogen (secondary N) is 1. The molecule has 0 aliphatic carbocycles. The first kappa shape index (κ1) is 19.4. The van der Waals surface area contributed by atoms with Crippen LogP contribution in [-0.4, -0.2) is 62.4 Å². The number of hydrogen-bond donors (Lipinski definition) is 2. The molecule has 2 amide bonds. The number of nitrogens with zero attached hydrogens (tertiary/aromatic N) is 4. The third kappa shape index (κ3) is 3.57. The van der Waals surface area contributed by atoms with Crippen molar-refractivity contribution in [1.82, 2.24) is 24.6 Å². The fourth-order valence-corrected chi connectivity index (χ4v) is 4.65. The third-order valence-electron chi connectivity index (χ3n) is 6.00. The van der Waals surface area contributed by atoms with Crippen LogP contribution in [0.4, 0.5) is 0 Å². The monoisotopic (exact) mass is 399 g/mol. The Hall–Kier alpha value is -2.94. The first-order valence-corrected chi connectivity index (χ1v) is 9.86. The predicted molar refractivity (Wildman–Crippen MR) is 104 cm³/mol. The lowest BCUT2D eigenvalue weighted by Gasteiger charge is -2.47. The highest BCUT2D eigenvalue weighted by Crippen LogP contribution is 2.40. The first-order valence-electron chi connectivity index (χ1n) is 9.86. The van der Waals surface area contributed by atoms with Crippen LogP contribution in [0.25, 0.3) is 0 Å². The van der Waals surface area contributed by atoms with Gasteiger partial charge in [-0.1, -0.05) is 6.07 Å². The van der Waals surface area contributed by atoms with Gasteiger partial charge < -0.3 is 19.9 Å². The minimum atomic E-state index is -0.248. The molecule has 2 bridgehead atoms. The van der Waals surface area contributed by atoms with Crippen LogP contribution in [0.1, 0.15) is 41.0 Å². The summed E-state index contributed by atoms with van der Waals surface area (Å²) < 4.78 is 3.29. The zero-order valence-electron chi connectivity index (χ0n) is 16.3. The molecule has 0 spiro atoms. The van der Waals surface area contributed by atoms with Gasteiger partial charge in [-0.2, -0.15) is 5.10 Å². The summed E-state index contributed by atoms with van der Waals surface area (Å²) in [4.78, 5) is 39.4. The van der Waals surface area contributed by atoms with Gasteiger partial charge in [-0.25, -0.2) is 0 Å². The molecule has 2 aliphatic heterocycles. The molecule has 2 aromatic rings. The van der Waals surface area contributed by atoms with Gasteiger partial charge in [-0.3, -0.25) is 19.1 Å². The van der Waals surface area contributed by atoms with E-state index in [9.17, 15) is 14.4 Å². The zero-order chi connectivity index (χ0) is 20.5. The van der Waals surface area contributed by atoms with Crippen LogP contribution >= 0.6 is 0 Å². The molecular formula is C20H25N5O4. The van der Waals surface area contributed by atoms with Crippen LogP contribution < -0.4 is 10.9 Å². The van der Waals surface area contributed by atoms with E-state index in [1.165, 1.54) is 10.7 Å². The number of likely N-dealkylation sites (tertiary alicyclic amines) is 1. The fourth-order valence-electron chi connectivity index (χ4n) is 4.65. The highest BCUT2D eigenvalue weighted by molar-refractivity contribution is 5.92. The molecule has 2 aliphatic rings. The number of carbonyl (C=O) groups excluding carboxylic acids is 2. The summed E-state index contributed by atoms with van der Waals surface area (Å²) in [6.07, 6.45) is 2.52. The standard InChI is InChI=1S/C20H25N5O4/c1-23-16(5-7-22-23)20(29)21-10-17-14-9-13(11-24(12-14)18(27)6-8-26)15-3-2-4-19(28)25(15)17/h2-5,7,13-14,17,26H,6,8-12H2,1H3,(H,21,29)/t13-,14+,17+/m1/s1. The molecule has 1 saturated heterocycles. The van der Waals surface area contributed by atoms with E-state index in [0.717, 1.165) is 12.1 Å². The number of aromatic nitrogens is 3. The molecule has 4 heterocycles. The molecule has 2 aromatic heterocycles. The molecular weight excluding hydrogens is 374 g/mol. The Balaban J connectivity index is 1.61. The van der Waals surface area contributed by atoms with Crippen LogP contribution in [-0.2, 0) is 11.8 Å². The number of pyridine rings is 1. The minimum Gasteiger partial charge on any atom is -0.396 e. The maximum atomic E-state index is 12.7. The average molecular weight is 399 g/mol. The molecule has 2 N–H and O–H groups in total. The van der Waals surface area contributed by atoms with Crippen molar-refractivity contribution in [1.29, 1.82) is 0 Å². The van der Waals surface area contributed by atoms with Gasteiger partial charge in [0, 0.05) is 57.0 Å². The lowest BCUT2D eigenvalue weighted by molar-refractivity contribution is -0.135. The van der Waals surface area contributed by atoms with E-state index in [1.807, 2.05) is 6.07 Å². The van der Waals surface area contributed by atoms with Gasteiger partial charge in [-0.15, -0.1) is 0 Å². The van der Waals surface area contributed by atoms with Crippen molar-refractivity contribution < 1.29 is 14.7 Å². The van der Waals surface area contributed by atoms with E-state index in [1.54, 1.807) is 34.8 Å². The summed E-state index contributed by atoms with van der Waals surface area (Å²) >= 11 is 0. The summed E-state index contributed by atoms with van der Waals surface area (Å²) in [6, 6.07) is 6.61. The average Bonchev–Trinajstić information content (AvgIpc) is 3.14. The number of hydrogen-bond acceptors (Lipinski definition) is 5. The van der Waals surface area contributed by atoms with Gasteiger partial charge >= 0.3 is 0 Å². The van der Waals surface area contributed by atoms with Crippen molar-refractivity contribution in [2.24, 2.45) is 13.0 Å². The molecule has 3 atom stereocenters. The van der Waals surface area contributed by atoms with Gasteiger partial charge in [0.2, 0.25) is 5.91 Å². The Morgan fingerprint density at radius 3 is 2.83 bits per heavy atom. The third-order valence-corrected chi connectivity index (χ3v) is 6.00. The predicted octanol–water partition coefficient (Wildman–Crippen LogP) is -0.119. The largest absolute Gasteiger partial charge is 0.396 e. The topological polar surface area (TPSA) is 109 Å². The number of rotatable bonds is 5. The number of aliphatic hydroxyl groups excluding tert-OH is 1. The summed E-state index contributed by atoms with van der Waals surface area (Å²) in [7, 11) is 1.70. The molecule has 1 fully saturated rings. The van der Waals surface area contributed by atoms with Gasteiger partial charge in [0.25, 0.3) is 11.5 Å². The minimum absolute atomic E-state index is 0.0517. The van der Waals surface area contributed by atoms with Gasteiger partial charge in [0.1, 0.15) is 5.69 Å². The van der Waals surface area contributed by atoms with E-state index in [2.05, 4.69) is 10.4 Å². The number of amides is 2. The van der Waals surface area contributed by atoms with E-state index in [0.29, 0.717) is 25.3 Å². The summed E-state index contributed by atoms with van der Waals surface area (Å²) in [5, 5.41) is 16.1. The van der Waals surface area contributed by atoms with Crippen LogP contribution in [0.15, 0.2) is 35.3 Å². The number of fused-ring (bicyclic) bond motifs is 4. The first-order chi connectivity index (χ1) is 14.0. The van der Waals surface area contributed by atoms with Crippen LogP contribution in [0, 0.1) is 5.92 Å². The Morgan fingerprint density at radius 1 is 1.28 bits per heavy atom. The molecule has 9 nitrogen and oxygen atoms in total. The van der Waals surface area contributed by atoms with Crippen LogP contribution in [0.3, 0.4) is 0 Å². The maximum Gasteiger partial charge on any atom is 0.269 e. The number of aryl methyl sites for hydroxylation is 1. The molecule has 0 radical (unpaired) electrons. The Bertz CT molecular complexity index is 981. The zero-order valence-corrected chi connectivity index (χ0v) is 16.3. The van der Waals surface area contributed by atoms with Crippen molar-refractivity contribution in [3.05, 3.63) is 52.2 Å². The van der Waals surface area contributed by atoms with Crippen molar-refractivity contribution in [2.75, 3.05) is 26.2 Å². The van der Waals surface area contributed by atoms with Crippen molar-refractivity contribution >= 4 is 11.8 Å². The Morgan fingerprint density at radius 2 is 2.10 bits per heavy atom. The summed E-state index contributed by atoms with van der Waals surface area (Å²) in [6.45, 7) is 1.18. The summed E-state index contributed by atoms with van der Waals surface area (Å²) in [5.74, 6) is -0.196. The Kier molecular flexibility index (Phi) is 5.23. The van der Waals surface area contributed by atoms with Gasteiger partial charge in [-0.05, 0) is 24.5 Å². The number of aliphatic hydroxyl groups is 1. The molecule has 9 heteroatoms. The molecule has 154 valence electrons. The smallest absolute Gasteiger partial charge is 0.269 e. The maximum absolute atomic E-state index is 12.7. The Labute approximate surface area is 167 Å². The van der Waals surface area contributed by atoms with E-state index >= 15 is 0 Å². The lowest BCUT2D eigenvalue weighted by atomic mass is 9.78. The second-order valence-corrected chi connectivity index (χ2v) is 7.74. The fraction of sp³-hybridized carbons (Fsp3) is 0.500. The quantitative estimate of drug-likeness (QED) is 0.729. The van der Waals surface area contributed by atoms with Crippen molar-refractivity contribution in [2.45, 2.75) is 24.8 Å². The second kappa shape index (κ2) is 7.82.